The maximum atomic E-state index is 13.8. The number of hydrogen-bond donors (Lipinski definition) is 1. The zero-order valence-electron chi connectivity index (χ0n) is 17.4. The van der Waals surface area contributed by atoms with E-state index in [1.165, 1.54) is 12.1 Å². The molecular weight excluding hydrogens is 571 g/mol. The van der Waals surface area contributed by atoms with Crippen molar-refractivity contribution in [3.8, 4) is 5.75 Å². The molecule has 0 amide bonds. The first-order valence-electron chi connectivity index (χ1n) is 9.30. The van der Waals surface area contributed by atoms with Crippen molar-refractivity contribution in [2.75, 3.05) is 6.61 Å². The van der Waals surface area contributed by atoms with E-state index in [1.807, 2.05) is 0 Å². The van der Waals surface area contributed by atoms with Gasteiger partial charge in [-0.25, -0.2) is 0 Å². The number of hydrogen-bond acceptors (Lipinski definition) is 2. The van der Waals surface area contributed by atoms with Crippen molar-refractivity contribution in [3.63, 3.8) is 0 Å². The largest absolute Gasteiger partial charge is 0.494 e. The molecule has 0 aromatic heterocycles. The van der Waals surface area contributed by atoms with Gasteiger partial charge in [0.25, 0.3) is 0 Å². The topological polar surface area (TPSA) is 29.5 Å². The highest BCUT2D eigenvalue weighted by molar-refractivity contribution is 5.26. The van der Waals surface area contributed by atoms with Crippen LogP contribution in [0.1, 0.15) is 18.4 Å². The Morgan fingerprint density at radius 3 is 1.30 bits per heavy atom. The number of aliphatic hydroxyl groups is 1. The summed E-state index contributed by atoms with van der Waals surface area (Å²) in [5.74, 6) is -56.5. The summed E-state index contributed by atoms with van der Waals surface area (Å²) >= 11 is 0. The standard InChI is InChI=1S/C18H13F17O2/c19-11(20,6-1-7-37-10-4-2-9(8-36)3-5-10)12(21,22)13(23,24)14(25,26)15(27,28)16(29,30)17(31,32)18(33,34)35/h2-5,36H,1,6-8H2. The highest BCUT2D eigenvalue weighted by atomic mass is 19.4. The molecule has 0 atom stereocenters. The predicted octanol–water partition coefficient (Wildman–Crippen LogP) is 7.35. The van der Waals surface area contributed by atoms with Crippen LogP contribution in [0.5, 0.6) is 5.75 Å². The van der Waals surface area contributed by atoms with Gasteiger partial charge in [-0.15, -0.1) is 0 Å². The molecule has 0 aliphatic carbocycles. The van der Waals surface area contributed by atoms with E-state index >= 15 is 0 Å². The highest BCUT2D eigenvalue weighted by Crippen LogP contribution is 2.64. The molecule has 216 valence electrons. The molecule has 0 bridgehead atoms. The highest BCUT2D eigenvalue weighted by Gasteiger charge is 2.95. The monoisotopic (exact) mass is 584 g/mol. The third-order valence-electron chi connectivity index (χ3n) is 4.80. The number of aliphatic hydroxyl groups excluding tert-OH is 1. The van der Waals surface area contributed by atoms with Gasteiger partial charge in [0.1, 0.15) is 5.75 Å². The lowest BCUT2D eigenvalue weighted by molar-refractivity contribution is -0.461. The van der Waals surface area contributed by atoms with Gasteiger partial charge in [-0.1, -0.05) is 12.1 Å². The van der Waals surface area contributed by atoms with Crippen LogP contribution in [-0.4, -0.2) is 59.3 Å². The van der Waals surface area contributed by atoms with Gasteiger partial charge >= 0.3 is 47.6 Å². The molecule has 1 N–H and O–H groups in total. The van der Waals surface area contributed by atoms with E-state index in [0.717, 1.165) is 12.1 Å². The molecule has 0 aliphatic heterocycles. The minimum absolute atomic E-state index is 0.170. The minimum atomic E-state index is -8.63. The average molecular weight is 584 g/mol. The predicted molar refractivity (Wildman–Crippen MR) is 87.8 cm³/mol. The number of benzene rings is 1. The Balaban J connectivity index is 3.20. The normalized spacial score (nSPS) is 15.2. The van der Waals surface area contributed by atoms with Crippen LogP contribution in [0.25, 0.3) is 0 Å². The molecule has 0 spiro atoms. The smallest absolute Gasteiger partial charge is 0.460 e. The van der Waals surface area contributed by atoms with Crippen LogP contribution in [0.4, 0.5) is 74.6 Å². The van der Waals surface area contributed by atoms with Crippen LogP contribution in [0.3, 0.4) is 0 Å². The summed E-state index contributed by atoms with van der Waals surface area (Å²) in [5.41, 5.74) is 0.317. The van der Waals surface area contributed by atoms with Gasteiger partial charge in [-0.3, -0.25) is 0 Å². The Labute approximate surface area is 195 Å². The SMILES string of the molecule is OCc1ccc(OCCCC(F)(F)C(F)(F)C(F)(F)C(F)(F)C(F)(F)C(F)(F)C(F)(F)C(F)(F)F)cc1. The first-order chi connectivity index (χ1) is 16.3. The lowest BCUT2D eigenvalue weighted by Gasteiger charge is -2.42. The van der Waals surface area contributed by atoms with E-state index < -0.39 is 73.7 Å². The van der Waals surface area contributed by atoms with Crippen molar-refractivity contribution in [2.24, 2.45) is 0 Å². The third-order valence-corrected chi connectivity index (χ3v) is 4.80. The van der Waals surface area contributed by atoms with Gasteiger partial charge in [-0.2, -0.15) is 74.6 Å². The summed E-state index contributed by atoms with van der Waals surface area (Å²) in [6.07, 6.45) is -11.7. The lowest BCUT2D eigenvalue weighted by atomic mass is 9.88. The Hall–Kier alpha value is -2.21. The Kier molecular flexibility index (Phi) is 8.72. The van der Waals surface area contributed by atoms with Crippen molar-refractivity contribution in [2.45, 2.75) is 67.1 Å². The number of ether oxygens (including phenoxy) is 1. The van der Waals surface area contributed by atoms with Gasteiger partial charge in [0.2, 0.25) is 0 Å². The second-order valence-corrected chi connectivity index (χ2v) is 7.40. The molecular formula is C18H13F17O2. The summed E-state index contributed by atoms with van der Waals surface area (Å²) in [6.45, 7) is -1.47. The Bertz CT molecular complexity index is 906. The third kappa shape index (κ3) is 5.23. The second kappa shape index (κ2) is 9.83. The molecule has 0 unspecified atom stereocenters. The van der Waals surface area contributed by atoms with Gasteiger partial charge < -0.3 is 9.84 Å². The summed E-state index contributed by atoms with van der Waals surface area (Å²) in [5, 5.41) is 8.82. The van der Waals surface area contributed by atoms with Crippen molar-refractivity contribution in [3.05, 3.63) is 29.8 Å². The lowest BCUT2D eigenvalue weighted by Crippen LogP contribution is -2.74. The number of halogens is 17. The van der Waals surface area contributed by atoms with Crippen molar-refractivity contribution in [1.82, 2.24) is 0 Å². The van der Waals surface area contributed by atoms with E-state index in [0.29, 0.717) is 5.56 Å². The van der Waals surface area contributed by atoms with Crippen LogP contribution in [0, 0.1) is 0 Å². The summed E-state index contributed by atoms with van der Waals surface area (Å²) in [7, 11) is 0. The summed E-state index contributed by atoms with van der Waals surface area (Å²) in [6, 6.07) is 4.65. The molecule has 0 aliphatic rings. The van der Waals surface area contributed by atoms with Crippen LogP contribution in [0.2, 0.25) is 0 Å². The van der Waals surface area contributed by atoms with Crippen molar-refractivity contribution < 1.29 is 84.5 Å². The fraction of sp³-hybridized carbons (Fsp3) is 0.667. The molecule has 1 aromatic rings. The molecule has 37 heavy (non-hydrogen) atoms. The fourth-order valence-corrected chi connectivity index (χ4v) is 2.53. The van der Waals surface area contributed by atoms with Crippen molar-refractivity contribution >= 4 is 0 Å². The maximum absolute atomic E-state index is 13.8. The molecule has 2 nitrogen and oxygen atoms in total. The van der Waals surface area contributed by atoms with Crippen molar-refractivity contribution in [1.29, 1.82) is 0 Å². The summed E-state index contributed by atoms with van der Waals surface area (Å²) in [4.78, 5) is 0. The van der Waals surface area contributed by atoms with E-state index in [-0.39, 0.29) is 5.75 Å². The molecule has 0 heterocycles. The molecule has 19 heteroatoms. The van der Waals surface area contributed by atoms with Crippen LogP contribution in [0.15, 0.2) is 24.3 Å². The van der Waals surface area contributed by atoms with E-state index in [1.54, 1.807) is 0 Å². The molecule has 0 saturated carbocycles. The van der Waals surface area contributed by atoms with E-state index in [9.17, 15) is 74.6 Å². The first kappa shape index (κ1) is 32.8. The molecule has 0 fully saturated rings. The molecule has 0 radical (unpaired) electrons. The van der Waals surface area contributed by atoms with Crippen LogP contribution >= 0.6 is 0 Å². The van der Waals surface area contributed by atoms with Gasteiger partial charge in [0, 0.05) is 6.42 Å². The van der Waals surface area contributed by atoms with Gasteiger partial charge in [0.15, 0.2) is 0 Å². The van der Waals surface area contributed by atoms with Crippen LogP contribution in [-0.2, 0) is 6.61 Å². The van der Waals surface area contributed by atoms with Crippen LogP contribution < -0.4 is 4.74 Å². The van der Waals surface area contributed by atoms with E-state index in [4.69, 9.17) is 9.84 Å². The number of alkyl halides is 17. The van der Waals surface area contributed by atoms with E-state index in [2.05, 4.69) is 0 Å². The zero-order chi connectivity index (χ0) is 29.5. The Morgan fingerprint density at radius 1 is 0.541 bits per heavy atom. The maximum Gasteiger partial charge on any atom is 0.460 e. The minimum Gasteiger partial charge on any atom is -0.494 e. The average Bonchev–Trinajstić information content (AvgIpc) is 2.75. The first-order valence-corrected chi connectivity index (χ1v) is 9.30. The quantitative estimate of drug-likeness (QED) is 0.206. The molecule has 1 aromatic carbocycles. The van der Waals surface area contributed by atoms with Gasteiger partial charge in [-0.05, 0) is 24.1 Å². The summed E-state index contributed by atoms with van der Waals surface area (Å²) < 4.78 is 229. The molecule has 1 rings (SSSR count). The number of rotatable bonds is 12. The van der Waals surface area contributed by atoms with Gasteiger partial charge in [0.05, 0.1) is 13.2 Å². The second-order valence-electron chi connectivity index (χ2n) is 7.40. The fourth-order valence-electron chi connectivity index (χ4n) is 2.53. The molecule has 0 saturated heterocycles. The Morgan fingerprint density at radius 2 is 0.919 bits per heavy atom. The zero-order valence-corrected chi connectivity index (χ0v) is 17.4.